The fourth-order valence-corrected chi connectivity index (χ4v) is 2.22. The standard InChI is InChI=1S/C11H14O5/c1-3-15-8-6-7-4-5-11(8,9(12)14-2)10(13)16-7/h4-5,7-8H,3,6H2,1-2H3. The van der Waals surface area contributed by atoms with Crippen LogP contribution in [0.25, 0.3) is 0 Å². The quantitative estimate of drug-likeness (QED) is 0.397. The van der Waals surface area contributed by atoms with Gasteiger partial charge in [0.05, 0.1) is 13.2 Å². The number of esters is 2. The molecule has 1 aliphatic carbocycles. The van der Waals surface area contributed by atoms with Gasteiger partial charge in [-0.15, -0.1) is 0 Å². The number of hydrogen-bond donors (Lipinski definition) is 0. The first-order valence-corrected chi connectivity index (χ1v) is 5.25. The average molecular weight is 226 g/mol. The molecule has 0 aromatic rings. The van der Waals surface area contributed by atoms with Gasteiger partial charge in [-0.2, -0.15) is 0 Å². The minimum Gasteiger partial charge on any atom is -0.468 e. The second-order valence-corrected chi connectivity index (χ2v) is 3.84. The summed E-state index contributed by atoms with van der Waals surface area (Å²) in [7, 11) is 1.25. The second kappa shape index (κ2) is 3.90. The van der Waals surface area contributed by atoms with E-state index in [0.717, 1.165) is 0 Å². The lowest BCUT2D eigenvalue weighted by Crippen LogP contribution is -2.58. The van der Waals surface area contributed by atoms with Crippen LogP contribution in [-0.2, 0) is 23.8 Å². The molecule has 16 heavy (non-hydrogen) atoms. The number of rotatable bonds is 3. The Morgan fingerprint density at radius 3 is 3.00 bits per heavy atom. The van der Waals surface area contributed by atoms with Crippen LogP contribution in [0.4, 0.5) is 0 Å². The van der Waals surface area contributed by atoms with Crippen molar-refractivity contribution in [2.75, 3.05) is 13.7 Å². The lowest BCUT2D eigenvalue weighted by Gasteiger charge is -2.43. The summed E-state index contributed by atoms with van der Waals surface area (Å²) in [5.74, 6) is -1.19. The molecule has 3 aliphatic rings. The molecule has 3 rings (SSSR count). The maximum atomic E-state index is 11.8. The van der Waals surface area contributed by atoms with Gasteiger partial charge in [-0.3, -0.25) is 9.59 Å². The van der Waals surface area contributed by atoms with Gasteiger partial charge in [-0.05, 0) is 13.0 Å². The van der Waals surface area contributed by atoms with Gasteiger partial charge in [0.25, 0.3) is 0 Å². The van der Waals surface area contributed by atoms with Crippen LogP contribution in [0.2, 0.25) is 0 Å². The fraction of sp³-hybridized carbons (Fsp3) is 0.636. The molecule has 0 N–H and O–H groups in total. The van der Waals surface area contributed by atoms with Gasteiger partial charge < -0.3 is 14.2 Å². The number of hydrogen-bond acceptors (Lipinski definition) is 5. The van der Waals surface area contributed by atoms with Crippen molar-refractivity contribution in [3.05, 3.63) is 12.2 Å². The van der Waals surface area contributed by atoms with Crippen LogP contribution in [-0.4, -0.2) is 37.9 Å². The molecule has 2 bridgehead atoms. The molecule has 5 nitrogen and oxygen atoms in total. The van der Waals surface area contributed by atoms with Crippen molar-refractivity contribution >= 4 is 11.9 Å². The largest absolute Gasteiger partial charge is 0.468 e. The van der Waals surface area contributed by atoms with Crippen molar-refractivity contribution in [3.8, 4) is 0 Å². The Hall–Kier alpha value is -1.36. The SMILES string of the molecule is CCOC1CC2C=CC1(C(=O)OC)C(=O)O2. The van der Waals surface area contributed by atoms with E-state index in [9.17, 15) is 9.59 Å². The van der Waals surface area contributed by atoms with Crippen molar-refractivity contribution in [2.24, 2.45) is 5.41 Å². The molecule has 1 saturated heterocycles. The molecule has 3 atom stereocenters. The number of methoxy groups -OCH3 is 1. The smallest absolute Gasteiger partial charge is 0.330 e. The Morgan fingerprint density at radius 2 is 2.44 bits per heavy atom. The topological polar surface area (TPSA) is 61.8 Å². The van der Waals surface area contributed by atoms with Gasteiger partial charge >= 0.3 is 11.9 Å². The summed E-state index contributed by atoms with van der Waals surface area (Å²) in [6.45, 7) is 2.26. The average Bonchev–Trinajstić information content (AvgIpc) is 2.29. The zero-order valence-electron chi connectivity index (χ0n) is 9.26. The summed E-state index contributed by atoms with van der Waals surface area (Å²) in [6.07, 6.45) is 3.01. The Kier molecular flexibility index (Phi) is 2.71. The lowest BCUT2D eigenvalue weighted by atomic mass is 9.73. The van der Waals surface area contributed by atoms with Gasteiger partial charge in [-0.1, -0.05) is 6.08 Å². The van der Waals surface area contributed by atoms with Crippen molar-refractivity contribution in [1.82, 2.24) is 0 Å². The minimum absolute atomic E-state index is 0.282. The highest BCUT2D eigenvalue weighted by Gasteiger charge is 2.60. The predicted molar refractivity (Wildman–Crippen MR) is 53.5 cm³/mol. The van der Waals surface area contributed by atoms with Crippen LogP contribution in [0.1, 0.15) is 13.3 Å². The number of carbonyl (C=O) groups is 2. The highest BCUT2D eigenvalue weighted by Crippen LogP contribution is 2.42. The monoisotopic (exact) mass is 226 g/mol. The van der Waals surface area contributed by atoms with E-state index in [1.54, 1.807) is 12.2 Å². The molecular formula is C11H14O5. The molecule has 2 heterocycles. The first-order valence-electron chi connectivity index (χ1n) is 5.25. The van der Waals surface area contributed by atoms with Crippen LogP contribution in [0.3, 0.4) is 0 Å². The molecule has 0 aromatic heterocycles. The van der Waals surface area contributed by atoms with E-state index in [1.165, 1.54) is 7.11 Å². The van der Waals surface area contributed by atoms with Crippen molar-refractivity contribution in [2.45, 2.75) is 25.6 Å². The molecule has 88 valence electrons. The van der Waals surface area contributed by atoms with Crippen LogP contribution in [0, 0.1) is 5.41 Å². The van der Waals surface area contributed by atoms with E-state index in [1.807, 2.05) is 6.92 Å². The van der Waals surface area contributed by atoms with Gasteiger partial charge in [0.2, 0.25) is 5.41 Å². The third-order valence-electron chi connectivity index (χ3n) is 3.02. The molecule has 2 aliphatic heterocycles. The van der Waals surface area contributed by atoms with Crippen molar-refractivity contribution in [3.63, 3.8) is 0 Å². The molecule has 0 radical (unpaired) electrons. The van der Waals surface area contributed by atoms with Gasteiger partial charge in [-0.25, -0.2) is 0 Å². The van der Waals surface area contributed by atoms with Gasteiger partial charge in [0.15, 0.2) is 0 Å². The normalized spacial score (nSPS) is 36.0. The van der Waals surface area contributed by atoms with Crippen LogP contribution >= 0.6 is 0 Å². The molecule has 0 amide bonds. The third kappa shape index (κ3) is 1.35. The molecule has 0 saturated carbocycles. The Morgan fingerprint density at radius 1 is 1.69 bits per heavy atom. The highest BCUT2D eigenvalue weighted by molar-refractivity contribution is 6.04. The summed E-state index contributed by atoms with van der Waals surface area (Å²) in [4.78, 5) is 23.6. The van der Waals surface area contributed by atoms with Crippen molar-refractivity contribution < 1.29 is 23.8 Å². The van der Waals surface area contributed by atoms with E-state index in [2.05, 4.69) is 4.74 Å². The number of ether oxygens (including phenoxy) is 3. The lowest BCUT2D eigenvalue weighted by molar-refractivity contribution is -0.194. The number of carbonyl (C=O) groups excluding carboxylic acids is 2. The number of fused-ring (bicyclic) bond motifs is 2. The van der Waals surface area contributed by atoms with Gasteiger partial charge in [0, 0.05) is 13.0 Å². The Balaban J connectivity index is 2.39. The van der Waals surface area contributed by atoms with E-state index >= 15 is 0 Å². The predicted octanol–water partition coefficient (Wildman–Crippen LogP) is 0.436. The summed E-state index contributed by atoms with van der Waals surface area (Å²) in [5.41, 5.74) is -1.40. The van der Waals surface area contributed by atoms with E-state index in [4.69, 9.17) is 9.47 Å². The zero-order chi connectivity index (χ0) is 11.8. The molecule has 1 fully saturated rings. The molecule has 0 aromatic carbocycles. The van der Waals surface area contributed by atoms with Gasteiger partial charge in [0.1, 0.15) is 6.10 Å². The molecule has 5 heteroatoms. The highest BCUT2D eigenvalue weighted by atomic mass is 16.6. The third-order valence-corrected chi connectivity index (χ3v) is 3.02. The summed E-state index contributed by atoms with van der Waals surface area (Å²) < 4.78 is 15.2. The zero-order valence-corrected chi connectivity index (χ0v) is 9.26. The Bertz CT molecular complexity index is 348. The van der Waals surface area contributed by atoms with E-state index in [-0.39, 0.29) is 6.10 Å². The van der Waals surface area contributed by atoms with Crippen LogP contribution in [0.5, 0.6) is 0 Å². The maximum Gasteiger partial charge on any atom is 0.330 e. The molecule has 3 unspecified atom stereocenters. The Labute approximate surface area is 93.4 Å². The summed E-state index contributed by atoms with van der Waals surface area (Å²) >= 11 is 0. The van der Waals surface area contributed by atoms with Crippen molar-refractivity contribution in [1.29, 1.82) is 0 Å². The maximum absolute atomic E-state index is 11.8. The summed E-state index contributed by atoms with van der Waals surface area (Å²) in [5, 5.41) is 0. The minimum atomic E-state index is -1.40. The fourth-order valence-electron chi connectivity index (χ4n) is 2.22. The van der Waals surface area contributed by atoms with E-state index < -0.39 is 23.5 Å². The van der Waals surface area contributed by atoms with Crippen LogP contribution in [0.15, 0.2) is 12.2 Å². The van der Waals surface area contributed by atoms with Crippen LogP contribution < -0.4 is 0 Å². The van der Waals surface area contributed by atoms with E-state index in [0.29, 0.717) is 13.0 Å². The first kappa shape index (κ1) is 11.1. The molecule has 0 spiro atoms. The molecular weight excluding hydrogens is 212 g/mol. The first-order chi connectivity index (χ1) is 7.65. The summed E-state index contributed by atoms with van der Waals surface area (Å²) in [6, 6.07) is 0. The second-order valence-electron chi connectivity index (χ2n) is 3.84.